The topological polar surface area (TPSA) is 75.3 Å². The van der Waals surface area contributed by atoms with Gasteiger partial charge in [-0.05, 0) is 36.3 Å². The van der Waals surface area contributed by atoms with E-state index < -0.39 is 17.2 Å². The van der Waals surface area contributed by atoms with Crippen LogP contribution in [0, 0.1) is 11.2 Å². The lowest BCUT2D eigenvalue weighted by Gasteiger charge is -2.16. The monoisotopic (exact) mass is 491 g/mol. The highest BCUT2D eigenvalue weighted by Crippen LogP contribution is 2.38. The molecule has 0 fully saturated rings. The summed E-state index contributed by atoms with van der Waals surface area (Å²) in [5.41, 5.74) is 3.28. The Morgan fingerprint density at radius 3 is 2.42 bits per heavy atom. The van der Waals surface area contributed by atoms with Gasteiger partial charge in [0.1, 0.15) is 0 Å². The molecule has 0 saturated heterocycles. The third-order valence-electron chi connectivity index (χ3n) is 6.09. The van der Waals surface area contributed by atoms with E-state index in [1.54, 1.807) is 24.4 Å². The third kappa shape index (κ3) is 4.27. The highest BCUT2D eigenvalue weighted by atomic mass is 19.1. The summed E-state index contributed by atoms with van der Waals surface area (Å²) in [5, 5.41) is 5.98. The second-order valence-corrected chi connectivity index (χ2v) is 10.0. The van der Waals surface area contributed by atoms with Crippen molar-refractivity contribution in [2.75, 3.05) is 14.2 Å². The van der Waals surface area contributed by atoms with Crippen molar-refractivity contribution >= 4 is 39.8 Å². The molecule has 36 heavy (non-hydrogen) atoms. The van der Waals surface area contributed by atoms with E-state index in [1.165, 1.54) is 31.0 Å². The molecule has 0 aliphatic carbocycles. The Bertz CT molecular complexity index is 1520. The van der Waals surface area contributed by atoms with Gasteiger partial charge in [-0.1, -0.05) is 34.6 Å². The number of carbonyl (C=O) groups is 2. The van der Waals surface area contributed by atoms with Crippen molar-refractivity contribution in [2.24, 2.45) is 5.41 Å². The van der Waals surface area contributed by atoms with Crippen molar-refractivity contribution in [1.29, 1.82) is 0 Å². The van der Waals surface area contributed by atoms with Crippen LogP contribution in [-0.2, 0) is 9.53 Å². The second kappa shape index (κ2) is 9.26. The van der Waals surface area contributed by atoms with E-state index in [0.29, 0.717) is 11.2 Å². The van der Waals surface area contributed by atoms with Crippen molar-refractivity contribution in [2.45, 2.75) is 40.5 Å². The van der Waals surface area contributed by atoms with Crippen molar-refractivity contribution in [3.05, 3.63) is 59.7 Å². The van der Waals surface area contributed by atoms with Gasteiger partial charge in [-0.25, -0.2) is 9.18 Å². The number of benzene rings is 2. The first-order chi connectivity index (χ1) is 17.0. The number of nitrogens with zero attached hydrogens (tertiary/aromatic N) is 3. The molecule has 188 valence electrons. The number of carbonyl (C=O) groups excluding carboxylic acids is 2. The summed E-state index contributed by atoms with van der Waals surface area (Å²) in [6, 6.07) is 8.58. The summed E-state index contributed by atoms with van der Waals surface area (Å²) in [5.74, 6) is -0.917. The molecule has 0 radical (unpaired) electrons. The molecular formula is C28H30FN3O4. The Hall–Kier alpha value is -3.94. The first-order valence-electron chi connectivity index (χ1n) is 11.7. The summed E-state index contributed by atoms with van der Waals surface area (Å²) in [6.45, 7) is 9.64. The van der Waals surface area contributed by atoms with Gasteiger partial charge < -0.3 is 14.0 Å². The standard InChI is InChI=1S/C28H30FN3O4/c1-16(2)26-19(9-11-25(33)36-7)20-14-22-17(15-30-32(22)27(34)28(3,4)5)12-23(20)31(26)18-8-10-21(29)24(13-18)35-6/h8-16H,1-7H3/b11-9+. The SMILES string of the molecule is COC(=O)/C=C/c1c(C(C)C)n(-c2ccc(F)c(OC)c2)c2cc3cnn(C(=O)C(C)(C)C)c3cc12. The van der Waals surface area contributed by atoms with Gasteiger partial charge in [0.05, 0.1) is 31.4 Å². The van der Waals surface area contributed by atoms with Crippen LogP contribution in [0.15, 0.2) is 42.6 Å². The molecule has 0 bridgehead atoms. The van der Waals surface area contributed by atoms with E-state index in [1.807, 2.05) is 51.3 Å². The van der Waals surface area contributed by atoms with Gasteiger partial charge in [0.15, 0.2) is 11.6 Å². The number of methoxy groups -OCH3 is 2. The predicted octanol–water partition coefficient (Wildman–Crippen LogP) is 6.12. The zero-order chi connectivity index (χ0) is 26.4. The van der Waals surface area contributed by atoms with Crippen LogP contribution in [0.25, 0.3) is 33.6 Å². The molecule has 0 atom stereocenters. The van der Waals surface area contributed by atoms with E-state index in [9.17, 15) is 14.0 Å². The molecule has 4 rings (SSSR count). The van der Waals surface area contributed by atoms with Crippen LogP contribution >= 0.6 is 0 Å². The molecule has 2 aromatic carbocycles. The van der Waals surface area contributed by atoms with Gasteiger partial charge in [-0.15, -0.1) is 0 Å². The fourth-order valence-corrected chi connectivity index (χ4v) is 4.36. The molecule has 0 saturated carbocycles. The van der Waals surface area contributed by atoms with Crippen LogP contribution in [0.4, 0.5) is 4.39 Å². The first-order valence-corrected chi connectivity index (χ1v) is 11.7. The number of rotatable bonds is 5. The van der Waals surface area contributed by atoms with Gasteiger partial charge in [-0.2, -0.15) is 9.78 Å². The van der Waals surface area contributed by atoms with Gasteiger partial charge in [0.2, 0.25) is 0 Å². The Kier molecular flexibility index (Phi) is 6.47. The van der Waals surface area contributed by atoms with E-state index >= 15 is 0 Å². The Morgan fingerprint density at radius 2 is 1.81 bits per heavy atom. The Balaban J connectivity index is 2.12. The summed E-state index contributed by atoms with van der Waals surface area (Å²) in [7, 11) is 2.75. The molecule has 0 unspecified atom stereocenters. The fraction of sp³-hybridized carbons (Fsp3) is 0.321. The van der Waals surface area contributed by atoms with E-state index in [2.05, 4.69) is 5.10 Å². The van der Waals surface area contributed by atoms with Crippen LogP contribution in [0.1, 0.15) is 56.6 Å². The zero-order valence-electron chi connectivity index (χ0n) is 21.5. The van der Waals surface area contributed by atoms with E-state index in [4.69, 9.17) is 9.47 Å². The number of aromatic nitrogens is 3. The van der Waals surface area contributed by atoms with E-state index in [-0.39, 0.29) is 17.6 Å². The number of esters is 1. The first kappa shape index (κ1) is 25.2. The lowest BCUT2D eigenvalue weighted by Crippen LogP contribution is -2.27. The van der Waals surface area contributed by atoms with Crippen LogP contribution in [-0.4, -0.2) is 40.4 Å². The molecule has 7 nitrogen and oxygen atoms in total. The number of hydrogen-bond donors (Lipinski definition) is 0. The minimum absolute atomic E-state index is 0.0292. The average molecular weight is 492 g/mol. The summed E-state index contributed by atoms with van der Waals surface area (Å²) < 4.78 is 27.8. The lowest BCUT2D eigenvalue weighted by molar-refractivity contribution is -0.134. The molecule has 0 N–H and O–H groups in total. The fourth-order valence-electron chi connectivity index (χ4n) is 4.36. The molecule has 0 aliphatic rings. The molecule has 8 heteroatoms. The number of hydrogen-bond acceptors (Lipinski definition) is 5. The quantitative estimate of drug-likeness (QED) is 0.248. The van der Waals surface area contributed by atoms with Gasteiger partial charge in [0.25, 0.3) is 5.91 Å². The highest BCUT2D eigenvalue weighted by Gasteiger charge is 2.27. The summed E-state index contributed by atoms with van der Waals surface area (Å²) >= 11 is 0. The molecule has 2 heterocycles. The van der Waals surface area contributed by atoms with Crippen LogP contribution in [0.2, 0.25) is 0 Å². The molecule has 4 aromatic rings. The number of fused-ring (bicyclic) bond motifs is 2. The van der Waals surface area contributed by atoms with E-state index in [0.717, 1.165) is 27.5 Å². The maximum Gasteiger partial charge on any atom is 0.330 e. The van der Waals surface area contributed by atoms with Crippen LogP contribution in [0.3, 0.4) is 0 Å². The van der Waals surface area contributed by atoms with Crippen molar-refractivity contribution in [3.8, 4) is 11.4 Å². The van der Waals surface area contributed by atoms with Crippen molar-refractivity contribution in [1.82, 2.24) is 14.3 Å². The predicted molar refractivity (Wildman–Crippen MR) is 138 cm³/mol. The Morgan fingerprint density at radius 1 is 1.08 bits per heavy atom. The molecule has 0 spiro atoms. The van der Waals surface area contributed by atoms with Gasteiger partial charge >= 0.3 is 5.97 Å². The molecule has 0 aliphatic heterocycles. The normalized spacial score (nSPS) is 12.2. The second-order valence-electron chi connectivity index (χ2n) is 10.0. The van der Waals surface area contributed by atoms with Crippen molar-refractivity contribution in [3.63, 3.8) is 0 Å². The average Bonchev–Trinajstić information content (AvgIpc) is 3.38. The van der Waals surface area contributed by atoms with Crippen LogP contribution in [0.5, 0.6) is 5.75 Å². The highest BCUT2D eigenvalue weighted by molar-refractivity contribution is 6.05. The van der Waals surface area contributed by atoms with Crippen LogP contribution < -0.4 is 4.74 Å². The molecular weight excluding hydrogens is 461 g/mol. The van der Waals surface area contributed by atoms with Gasteiger partial charge in [-0.3, -0.25) is 4.79 Å². The third-order valence-corrected chi connectivity index (χ3v) is 6.09. The van der Waals surface area contributed by atoms with Crippen molar-refractivity contribution < 1.29 is 23.5 Å². The lowest BCUT2D eigenvalue weighted by atomic mass is 9.95. The number of ether oxygens (including phenoxy) is 2. The maximum atomic E-state index is 14.3. The molecule has 2 aromatic heterocycles. The van der Waals surface area contributed by atoms with Gasteiger partial charge in [0, 0.05) is 45.3 Å². The Labute approximate surface area is 209 Å². The zero-order valence-corrected chi connectivity index (χ0v) is 21.5. The smallest absolute Gasteiger partial charge is 0.330 e. The maximum absolute atomic E-state index is 14.3. The summed E-state index contributed by atoms with van der Waals surface area (Å²) in [4.78, 5) is 25.1. The number of halogens is 1. The summed E-state index contributed by atoms with van der Waals surface area (Å²) in [6.07, 6.45) is 4.76. The molecule has 0 amide bonds. The minimum atomic E-state index is -0.624. The largest absolute Gasteiger partial charge is 0.494 e. The minimum Gasteiger partial charge on any atom is -0.494 e.